The largest absolute Gasteiger partial charge is 0.369 e. The molecule has 0 aliphatic rings. The molecular weight excluding hydrogens is 256 g/mol. The third kappa shape index (κ3) is 2.09. The van der Waals surface area contributed by atoms with Crippen LogP contribution in [-0.2, 0) is 0 Å². The van der Waals surface area contributed by atoms with Crippen molar-refractivity contribution in [3.63, 3.8) is 0 Å². The highest BCUT2D eigenvalue weighted by atomic mass is 16.1. The summed E-state index contributed by atoms with van der Waals surface area (Å²) in [6, 6.07) is 5.97. The highest BCUT2D eigenvalue weighted by Gasteiger charge is 2.09. The molecule has 1 aromatic carbocycles. The number of rotatable bonds is 2. The second-order valence-electron chi connectivity index (χ2n) is 4.66. The number of aromatic nitrogens is 4. The molecule has 2 heterocycles. The number of nitrogens with zero attached hydrogens (tertiary/aromatic N) is 2. The van der Waals surface area contributed by atoms with E-state index in [-0.39, 0.29) is 17.2 Å². The molecule has 0 aliphatic carbocycles. The lowest BCUT2D eigenvalue weighted by Crippen LogP contribution is -2.10. The van der Waals surface area contributed by atoms with E-state index >= 15 is 0 Å². The maximum absolute atomic E-state index is 11.7. The zero-order valence-corrected chi connectivity index (χ0v) is 11.1. The van der Waals surface area contributed by atoms with E-state index < -0.39 is 0 Å². The number of aryl methyl sites for hydroxylation is 2. The second-order valence-corrected chi connectivity index (χ2v) is 4.66. The molecule has 0 fully saturated rings. The molecule has 0 spiro atoms. The highest BCUT2D eigenvalue weighted by molar-refractivity contribution is 5.74. The number of nitrogens with two attached hydrogens (primary N) is 1. The van der Waals surface area contributed by atoms with Crippen molar-refractivity contribution in [2.24, 2.45) is 0 Å². The highest BCUT2D eigenvalue weighted by Crippen LogP contribution is 2.18. The van der Waals surface area contributed by atoms with Gasteiger partial charge in [-0.2, -0.15) is 9.97 Å². The maximum Gasteiger partial charge on any atom is 0.278 e. The Morgan fingerprint density at radius 1 is 1.15 bits per heavy atom. The van der Waals surface area contributed by atoms with Crippen LogP contribution in [0.3, 0.4) is 0 Å². The molecule has 2 aromatic heterocycles. The topological polar surface area (TPSA) is 112 Å². The number of fused-ring (bicyclic) bond motifs is 1. The van der Waals surface area contributed by atoms with Gasteiger partial charge in [-0.15, -0.1) is 0 Å². The Labute approximate surface area is 114 Å². The van der Waals surface area contributed by atoms with E-state index in [9.17, 15) is 4.79 Å². The Balaban J connectivity index is 2.00. The van der Waals surface area contributed by atoms with Crippen molar-refractivity contribution in [2.45, 2.75) is 13.8 Å². The molecule has 3 aromatic rings. The normalized spacial score (nSPS) is 10.9. The predicted molar refractivity (Wildman–Crippen MR) is 78.1 cm³/mol. The third-order valence-corrected chi connectivity index (χ3v) is 3.15. The molecule has 102 valence electrons. The summed E-state index contributed by atoms with van der Waals surface area (Å²) in [5.41, 5.74) is 9.00. The van der Waals surface area contributed by atoms with E-state index in [0.717, 1.165) is 5.69 Å². The van der Waals surface area contributed by atoms with E-state index in [4.69, 9.17) is 5.73 Å². The molecule has 3 rings (SSSR count). The van der Waals surface area contributed by atoms with Gasteiger partial charge >= 0.3 is 0 Å². The van der Waals surface area contributed by atoms with Gasteiger partial charge in [0.25, 0.3) is 5.56 Å². The Morgan fingerprint density at radius 3 is 2.70 bits per heavy atom. The van der Waals surface area contributed by atoms with Crippen LogP contribution in [0.15, 0.2) is 23.0 Å². The zero-order valence-electron chi connectivity index (χ0n) is 11.1. The summed E-state index contributed by atoms with van der Waals surface area (Å²) in [5, 5.41) is 3.11. The first-order chi connectivity index (χ1) is 9.52. The summed E-state index contributed by atoms with van der Waals surface area (Å²) in [7, 11) is 0. The standard InChI is InChI=1S/C13H14N6O/c1-6-3-4-8(5-7(6)2)15-13-16-9-10(18-13)17-12(14)19-11(9)20/h3-5H,1-2H3,(H5,14,15,16,17,18,19,20). The SMILES string of the molecule is Cc1ccc(Nc2nc3nc(N)[nH]c(=O)c3[nH]2)cc1C. The first-order valence-electron chi connectivity index (χ1n) is 6.13. The molecule has 7 heteroatoms. The summed E-state index contributed by atoms with van der Waals surface area (Å²) in [5.74, 6) is 0.499. The van der Waals surface area contributed by atoms with Gasteiger partial charge in [0.15, 0.2) is 11.2 Å². The summed E-state index contributed by atoms with van der Waals surface area (Å²) >= 11 is 0. The number of hydrogen-bond donors (Lipinski definition) is 4. The van der Waals surface area contributed by atoms with Crippen LogP contribution in [0.2, 0.25) is 0 Å². The lowest BCUT2D eigenvalue weighted by atomic mass is 10.1. The lowest BCUT2D eigenvalue weighted by molar-refractivity contribution is 1.17. The Morgan fingerprint density at radius 2 is 1.95 bits per heavy atom. The summed E-state index contributed by atoms with van der Waals surface area (Å²) < 4.78 is 0. The predicted octanol–water partition coefficient (Wildman–Crippen LogP) is 1.59. The van der Waals surface area contributed by atoms with E-state index in [1.165, 1.54) is 11.1 Å². The molecule has 0 aliphatic heterocycles. The van der Waals surface area contributed by atoms with Gasteiger partial charge < -0.3 is 16.0 Å². The molecule has 0 amide bonds. The lowest BCUT2D eigenvalue weighted by Gasteiger charge is -2.05. The van der Waals surface area contributed by atoms with Crippen LogP contribution in [-0.4, -0.2) is 19.9 Å². The average molecular weight is 270 g/mol. The van der Waals surface area contributed by atoms with Crippen LogP contribution in [0.5, 0.6) is 0 Å². The molecule has 7 nitrogen and oxygen atoms in total. The van der Waals surface area contributed by atoms with Crippen LogP contribution in [0.25, 0.3) is 11.2 Å². The smallest absolute Gasteiger partial charge is 0.278 e. The minimum absolute atomic E-state index is 0.0479. The van der Waals surface area contributed by atoms with Crippen molar-refractivity contribution < 1.29 is 0 Å². The van der Waals surface area contributed by atoms with Crippen molar-refractivity contribution in [3.05, 3.63) is 39.7 Å². The van der Waals surface area contributed by atoms with E-state index in [0.29, 0.717) is 11.5 Å². The maximum atomic E-state index is 11.7. The minimum atomic E-state index is -0.340. The van der Waals surface area contributed by atoms with Gasteiger partial charge in [-0.25, -0.2) is 0 Å². The molecule has 0 bridgehead atoms. The minimum Gasteiger partial charge on any atom is -0.369 e. The number of H-pyrrole nitrogens is 2. The number of aromatic amines is 2. The molecular formula is C13H14N6O. The van der Waals surface area contributed by atoms with Crippen molar-refractivity contribution >= 4 is 28.7 Å². The van der Waals surface area contributed by atoms with Gasteiger partial charge in [0.05, 0.1) is 0 Å². The van der Waals surface area contributed by atoms with E-state index in [2.05, 4.69) is 25.3 Å². The van der Waals surface area contributed by atoms with Crippen molar-refractivity contribution in [1.82, 2.24) is 19.9 Å². The Hall–Kier alpha value is -2.83. The molecule has 0 saturated heterocycles. The third-order valence-electron chi connectivity index (χ3n) is 3.15. The summed E-state index contributed by atoms with van der Waals surface area (Å²) in [4.78, 5) is 25.2. The van der Waals surface area contributed by atoms with Crippen molar-refractivity contribution in [2.75, 3.05) is 11.1 Å². The fourth-order valence-corrected chi connectivity index (χ4v) is 1.94. The van der Waals surface area contributed by atoms with Gasteiger partial charge in [-0.3, -0.25) is 9.78 Å². The number of nitrogens with one attached hydrogen (secondary N) is 3. The summed E-state index contributed by atoms with van der Waals surface area (Å²) in [6.07, 6.45) is 0. The van der Waals surface area contributed by atoms with E-state index in [1.807, 2.05) is 32.0 Å². The van der Waals surface area contributed by atoms with Gasteiger partial charge in [-0.05, 0) is 37.1 Å². The zero-order chi connectivity index (χ0) is 14.3. The Kier molecular flexibility index (Phi) is 2.67. The molecule has 5 N–H and O–H groups in total. The number of imidazole rings is 1. The van der Waals surface area contributed by atoms with Gasteiger partial charge in [0, 0.05) is 5.69 Å². The van der Waals surface area contributed by atoms with Crippen LogP contribution < -0.4 is 16.6 Å². The fourth-order valence-electron chi connectivity index (χ4n) is 1.94. The van der Waals surface area contributed by atoms with Gasteiger partial charge in [-0.1, -0.05) is 6.07 Å². The number of nitrogen functional groups attached to an aromatic ring is 1. The number of anilines is 3. The van der Waals surface area contributed by atoms with Crippen molar-refractivity contribution in [1.29, 1.82) is 0 Å². The van der Waals surface area contributed by atoms with Crippen LogP contribution in [0, 0.1) is 13.8 Å². The second kappa shape index (κ2) is 4.37. The molecule has 0 radical (unpaired) electrons. The number of hydrogen-bond acceptors (Lipinski definition) is 5. The first-order valence-corrected chi connectivity index (χ1v) is 6.13. The Bertz CT molecular complexity index is 848. The average Bonchev–Trinajstić information content (AvgIpc) is 2.76. The summed E-state index contributed by atoms with van der Waals surface area (Å²) in [6.45, 7) is 4.08. The van der Waals surface area contributed by atoms with E-state index in [1.54, 1.807) is 0 Å². The molecule has 20 heavy (non-hydrogen) atoms. The molecule has 0 unspecified atom stereocenters. The van der Waals surface area contributed by atoms with Crippen LogP contribution in [0.4, 0.5) is 17.6 Å². The monoisotopic (exact) mass is 270 g/mol. The van der Waals surface area contributed by atoms with Gasteiger partial charge in [0.1, 0.15) is 0 Å². The number of benzene rings is 1. The quantitative estimate of drug-likeness (QED) is 0.565. The first kappa shape index (κ1) is 12.2. The molecule has 0 atom stereocenters. The molecule has 0 saturated carbocycles. The van der Waals surface area contributed by atoms with Crippen LogP contribution >= 0.6 is 0 Å². The van der Waals surface area contributed by atoms with Gasteiger partial charge in [0.2, 0.25) is 11.9 Å². The van der Waals surface area contributed by atoms with Crippen molar-refractivity contribution in [3.8, 4) is 0 Å². The van der Waals surface area contributed by atoms with Crippen LogP contribution in [0.1, 0.15) is 11.1 Å². The fraction of sp³-hybridized carbons (Fsp3) is 0.154.